The van der Waals surface area contributed by atoms with E-state index in [1.165, 1.54) is 0 Å². The second-order valence-electron chi connectivity index (χ2n) is 4.33. The van der Waals surface area contributed by atoms with Gasteiger partial charge in [0.2, 0.25) is 0 Å². The first kappa shape index (κ1) is 15.8. The number of nitrogens with zero attached hydrogens (tertiary/aromatic N) is 1. The van der Waals surface area contributed by atoms with Gasteiger partial charge in [-0.1, -0.05) is 24.6 Å². The molecule has 0 fully saturated rings. The third kappa shape index (κ3) is 7.03. The van der Waals surface area contributed by atoms with Gasteiger partial charge in [-0.25, -0.2) is 0 Å². The lowest BCUT2D eigenvalue weighted by molar-refractivity contribution is -0.138. The average molecular weight is 286 g/mol. The van der Waals surface area contributed by atoms with Crippen LogP contribution in [0.2, 0.25) is 5.02 Å². The third-order valence-electron chi connectivity index (χ3n) is 2.58. The van der Waals surface area contributed by atoms with Crippen molar-refractivity contribution in [3.63, 3.8) is 0 Å². The van der Waals surface area contributed by atoms with Gasteiger partial charge in [-0.3, -0.25) is 9.69 Å². The number of hydrogen-bond acceptors (Lipinski definition) is 3. The molecule has 0 aromatic heterocycles. The zero-order valence-electron chi connectivity index (χ0n) is 11.1. The van der Waals surface area contributed by atoms with Gasteiger partial charge < -0.3 is 9.84 Å². The van der Waals surface area contributed by atoms with Crippen molar-refractivity contribution >= 4 is 17.6 Å². The van der Waals surface area contributed by atoms with Crippen LogP contribution >= 0.6 is 11.6 Å². The summed E-state index contributed by atoms with van der Waals surface area (Å²) in [5.41, 5.74) is 0. The highest BCUT2D eigenvalue weighted by atomic mass is 35.5. The minimum absolute atomic E-state index is 0.0883. The Bertz CT molecular complexity index is 398. The van der Waals surface area contributed by atoms with E-state index in [9.17, 15) is 4.79 Å². The summed E-state index contributed by atoms with van der Waals surface area (Å²) in [7, 11) is 0. The Labute approximate surface area is 118 Å². The quantitative estimate of drug-likeness (QED) is 0.709. The average Bonchev–Trinajstić information content (AvgIpc) is 2.34. The Hall–Kier alpha value is -1.26. The molecule has 0 aliphatic heterocycles. The van der Waals surface area contributed by atoms with E-state index in [-0.39, 0.29) is 6.54 Å². The zero-order chi connectivity index (χ0) is 14.1. The van der Waals surface area contributed by atoms with Gasteiger partial charge in [-0.05, 0) is 37.6 Å². The van der Waals surface area contributed by atoms with Crippen LogP contribution in [0.3, 0.4) is 0 Å². The summed E-state index contributed by atoms with van der Waals surface area (Å²) < 4.78 is 5.56. The smallest absolute Gasteiger partial charge is 0.317 e. The first-order valence-corrected chi connectivity index (χ1v) is 6.82. The number of halogens is 1. The molecule has 1 aromatic carbocycles. The Kier molecular flexibility index (Phi) is 7.30. The van der Waals surface area contributed by atoms with Gasteiger partial charge >= 0.3 is 5.97 Å². The summed E-state index contributed by atoms with van der Waals surface area (Å²) >= 11 is 5.85. The predicted molar refractivity (Wildman–Crippen MR) is 75.9 cm³/mol. The molecule has 19 heavy (non-hydrogen) atoms. The molecule has 0 aliphatic carbocycles. The van der Waals surface area contributed by atoms with Crippen LogP contribution in [-0.2, 0) is 4.79 Å². The molecule has 106 valence electrons. The topological polar surface area (TPSA) is 49.8 Å². The molecule has 0 saturated heterocycles. The van der Waals surface area contributed by atoms with E-state index >= 15 is 0 Å². The number of carboxylic acids is 1. The number of ether oxygens (including phenoxy) is 1. The van der Waals surface area contributed by atoms with Gasteiger partial charge in [0.15, 0.2) is 0 Å². The normalized spacial score (nSPS) is 10.7. The summed E-state index contributed by atoms with van der Waals surface area (Å²) in [5.74, 6) is -0.0445. The summed E-state index contributed by atoms with van der Waals surface area (Å²) in [6, 6.07) is 7.26. The second-order valence-corrected chi connectivity index (χ2v) is 4.77. The van der Waals surface area contributed by atoms with E-state index in [4.69, 9.17) is 21.4 Å². The molecule has 0 heterocycles. The van der Waals surface area contributed by atoms with Crippen molar-refractivity contribution in [3.8, 4) is 5.75 Å². The summed E-state index contributed by atoms with van der Waals surface area (Å²) in [6.07, 6.45) is 1.74. The van der Waals surface area contributed by atoms with Crippen LogP contribution in [0.4, 0.5) is 0 Å². The number of carbonyl (C=O) groups is 1. The Morgan fingerprint density at radius 2 is 2.21 bits per heavy atom. The maximum absolute atomic E-state index is 10.7. The van der Waals surface area contributed by atoms with Gasteiger partial charge in [0.25, 0.3) is 0 Å². The molecule has 0 aliphatic rings. The second kappa shape index (κ2) is 8.77. The molecule has 0 radical (unpaired) electrons. The molecule has 0 saturated carbocycles. The lowest BCUT2D eigenvalue weighted by Crippen LogP contribution is -2.32. The van der Waals surface area contributed by atoms with Crippen LogP contribution in [0.5, 0.6) is 5.75 Å². The van der Waals surface area contributed by atoms with Gasteiger partial charge in [0, 0.05) is 11.6 Å². The van der Waals surface area contributed by atoms with Crippen LogP contribution in [-0.4, -0.2) is 42.2 Å². The van der Waals surface area contributed by atoms with Gasteiger partial charge in [-0.2, -0.15) is 0 Å². The highest BCUT2D eigenvalue weighted by molar-refractivity contribution is 6.30. The molecule has 0 spiro atoms. The number of rotatable bonds is 9. The van der Waals surface area contributed by atoms with E-state index in [1.807, 2.05) is 24.0 Å². The Morgan fingerprint density at radius 1 is 1.42 bits per heavy atom. The van der Waals surface area contributed by atoms with Crippen LogP contribution in [0.1, 0.15) is 19.8 Å². The van der Waals surface area contributed by atoms with Crippen molar-refractivity contribution in [1.82, 2.24) is 4.90 Å². The lowest BCUT2D eigenvalue weighted by Gasteiger charge is -2.19. The molecule has 4 nitrogen and oxygen atoms in total. The van der Waals surface area contributed by atoms with E-state index in [0.717, 1.165) is 31.7 Å². The molecule has 1 rings (SSSR count). The van der Waals surface area contributed by atoms with Crippen molar-refractivity contribution in [2.45, 2.75) is 19.8 Å². The molecule has 0 unspecified atom stereocenters. The number of hydrogen-bond donors (Lipinski definition) is 1. The fourth-order valence-electron chi connectivity index (χ4n) is 1.81. The highest BCUT2D eigenvalue weighted by Crippen LogP contribution is 2.17. The monoisotopic (exact) mass is 285 g/mol. The molecule has 0 atom stereocenters. The Balaban J connectivity index is 2.26. The van der Waals surface area contributed by atoms with Crippen molar-refractivity contribution in [2.75, 3.05) is 26.2 Å². The largest absolute Gasteiger partial charge is 0.493 e. The summed E-state index contributed by atoms with van der Waals surface area (Å²) in [4.78, 5) is 12.6. The standard InChI is InChI=1S/C14H20ClNO3/c1-2-7-16(11-14(17)18)8-4-9-19-13-6-3-5-12(15)10-13/h3,5-6,10H,2,4,7-9,11H2,1H3,(H,17,18). The zero-order valence-corrected chi connectivity index (χ0v) is 11.9. The minimum atomic E-state index is -0.788. The molecule has 1 aromatic rings. The van der Waals surface area contributed by atoms with Gasteiger partial charge in [-0.15, -0.1) is 0 Å². The molecule has 0 amide bonds. The maximum atomic E-state index is 10.7. The molecule has 5 heteroatoms. The fraction of sp³-hybridized carbons (Fsp3) is 0.500. The molecule has 1 N–H and O–H groups in total. The van der Waals surface area contributed by atoms with Crippen LogP contribution in [0, 0.1) is 0 Å². The van der Waals surface area contributed by atoms with Crippen molar-refractivity contribution in [3.05, 3.63) is 29.3 Å². The van der Waals surface area contributed by atoms with E-state index < -0.39 is 5.97 Å². The lowest BCUT2D eigenvalue weighted by atomic mass is 10.3. The maximum Gasteiger partial charge on any atom is 0.317 e. The van der Waals surface area contributed by atoms with Crippen molar-refractivity contribution in [2.24, 2.45) is 0 Å². The van der Waals surface area contributed by atoms with E-state index in [0.29, 0.717) is 11.6 Å². The van der Waals surface area contributed by atoms with Crippen molar-refractivity contribution in [1.29, 1.82) is 0 Å². The van der Waals surface area contributed by atoms with Crippen molar-refractivity contribution < 1.29 is 14.6 Å². The van der Waals surface area contributed by atoms with Gasteiger partial charge in [0.1, 0.15) is 5.75 Å². The summed E-state index contributed by atoms with van der Waals surface area (Å²) in [6.45, 7) is 4.20. The van der Waals surface area contributed by atoms with E-state index in [1.54, 1.807) is 12.1 Å². The highest BCUT2D eigenvalue weighted by Gasteiger charge is 2.08. The van der Waals surface area contributed by atoms with Crippen LogP contribution < -0.4 is 4.74 Å². The van der Waals surface area contributed by atoms with Crippen LogP contribution in [0.15, 0.2) is 24.3 Å². The number of benzene rings is 1. The molecule has 0 bridgehead atoms. The first-order valence-electron chi connectivity index (χ1n) is 6.44. The van der Waals surface area contributed by atoms with Gasteiger partial charge in [0.05, 0.1) is 13.2 Å². The first-order chi connectivity index (χ1) is 9.11. The Morgan fingerprint density at radius 3 is 2.84 bits per heavy atom. The minimum Gasteiger partial charge on any atom is -0.493 e. The van der Waals surface area contributed by atoms with Crippen LogP contribution in [0.25, 0.3) is 0 Å². The summed E-state index contributed by atoms with van der Waals surface area (Å²) in [5, 5.41) is 9.44. The fourth-order valence-corrected chi connectivity index (χ4v) is 1.99. The molecular weight excluding hydrogens is 266 g/mol. The third-order valence-corrected chi connectivity index (χ3v) is 2.82. The SMILES string of the molecule is CCCN(CCCOc1cccc(Cl)c1)CC(=O)O. The molecular formula is C14H20ClNO3. The number of aliphatic carboxylic acids is 1. The number of carboxylic acid groups (broad SMARTS) is 1. The predicted octanol–water partition coefficient (Wildman–Crippen LogP) is 2.91. The van der Waals surface area contributed by atoms with E-state index in [2.05, 4.69) is 0 Å².